The van der Waals surface area contributed by atoms with Crippen LogP contribution in [0.1, 0.15) is 11.1 Å². The summed E-state index contributed by atoms with van der Waals surface area (Å²) in [4.78, 5) is 8.58. The van der Waals surface area contributed by atoms with Crippen molar-refractivity contribution in [3.63, 3.8) is 0 Å². The van der Waals surface area contributed by atoms with Crippen LogP contribution in [0.3, 0.4) is 0 Å². The predicted octanol–water partition coefficient (Wildman–Crippen LogP) is 10.1. The molecule has 0 unspecified atom stereocenters. The van der Waals surface area contributed by atoms with E-state index in [1.54, 1.807) is 0 Å². The molecular formula is C38H28N2. The summed E-state index contributed by atoms with van der Waals surface area (Å²) >= 11 is 0. The lowest BCUT2D eigenvalue weighted by molar-refractivity contribution is 1.27. The van der Waals surface area contributed by atoms with Crippen LogP contribution in [0, 0.1) is 13.8 Å². The van der Waals surface area contributed by atoms with E-state index in [-0.39, 0.29) is 0 Å². The van der Waals surface area contributed by atoms with Crippen LogP contribution >= 0.6 is 0 Å². The lowest BCUT2D eigenvalue weighted by atomic mass is 9.84. The van der Waals surface area contributed by atoms with E-state index in [2.05, 4.69) is 127 Å². The van der Waals surface area contributed by atoms with Crippen LogP contribution in [0.4, 0.5) is 0 Å². The Morgan fingerprint density at radius 1 is 0.400 bits per heavy atom. The zero-order valence-electron chi connectivity index (χ0n) is 22.6. The normalized spacial score (nSPS) is 11.2. The molecule has 2 heterocycles. The highest BCUT2D eigenvalue weighted by Gasteiger charge is 2.18. The first-order valence-corrected chi connectivity index (χ1v) is 13.7. The van der Waals surface area contributed by atoms with Gasteiger partial charge in [-0.1, -0.05) is 97.1 Å². The fraction of sp³-hybridized carbons (Fsp3) is 0.0526. The molecule has 0 aliphatic rings. The van der Waals surface area contributed by atoms with Crippen LogP contribution in [-0.2, 0) is 0 Å². The molecule has 0 radical (unpaired) electrons. The molecule has 0 fully saturated rings. The second-order valence-electron chi connectivity index (χ2n) is 10.4. The van der Waals surface area contributed by atoms with Crippen LogP contribution < -0.4 is 0 Å². The topological polar surface area (TPSA) is 25.8 Å². The molecule has 2 aromatic heterocycles. The summed E-state index contributed by atoms with van der Waals surface area (Å²) in [5.41, 5.74) is 12.2. The largest absolute Gasteiger partial charge is 0.264 e. The van der Waals surface area contributed by atoms with Gasteiger partial charge in [-0.2, -0.15) is 0 Å². The third-order valence-corrected chi connectivity index (χ3v) is 7.93. The van der Waals surface area contributed by atoms with E-state index in [1.807, 2.05) is 30.9 Å². The molecule has 0 saturated carbocycles. The molecular weight excluding hydrogens is 484 g/mol. The highest BCUT2D eigenvalue weighted by Crippen LogP contribution is 2.45. The van der Waals surface area contributed by atoms with Gasteiger partial charge in [0.05, 0.1) is 0 Å². The summed E-state index contributed by atoms with van der Waals surface area (Å²) in [6.45, 7) is 4.33. The lowest BCUT2D eigenvalue weighted by Crippen LogP contribution is -1.93. The molecule has 5 aromatic carbocycles. The van der Waals surface area contributed by atoms with Gasteiger partial charge in [0.1, 0.15) is 0 Å². The average Bonchev–Trinajstić information content (AvgIpc) is 3.01. The van der Waals surface area contributed by atoms with Crippen molar-refractivity contribution in [3.05, 3.63) is 145 Å². The highest BCUT2D eigenvalue weighted by atomic mass is 14.6. The molecule has 2 nitrogen and oxygen atoms in total. The van der Waals surface area contributed by atoms with Gasteiger partial charge in [-0.15, -0.1) is 0 Å². The average molecular weight is 513 g/mol. The van der Waals surface area contributed by atoms with Gasteiger partial charge >= 0.3 is 0 Å². The molecule has 0 bridgehead atoms. The second-order valence-corrected chi connectivity index (χ2v) is 10.4. The predicted molar refractivity (Wildman–Crippen MR) is 168 cm³/mol. The van der Waals surface area contributed by atoms with Gasteiger partial charge in [-0.3, -0.25) is 9.97 Å². The van der Waals surface area contributed by atoms with Crippen LogP contribution in [0.2, 0.25) is 0 Å². The molecule has 7 rings (SSSR count). The molecule has 0 N–H and O–H groups in total. The van der Waals surface area contributed by atoms with Crippen molar-refractivity contribution in [1.29, 1.82) is 0 Å². The molecule has 0 amide bonds. The number of hydrogen-bond donors (Lipinski definition) is 0. The summed E-state index contributed by atoms with van der Waals surface area (Å²) in [7, 11) is 0. The van der Waals surface area contributed by atoms with E-state index in [4.69, 9.17) is 0 Å². The monoisotopic (exact) mass is 512 g/mol. The fourth-order valence-corrected chi connectivity index (χ4v) is 6.00. The molecule has 7 aromatic rings. The third kappa shape index (κ3) is 4.06. The lowest BCUT2D eigenvalue weighted by Gasteiger charge is -2.19. The molecule has 0 atom stereocenters. The maximum absolute atomic E-state index is 4.32. The fourth-order valence-electron chi connectivity index (χ4n) is 6.00. The van der Waals surface area contributed by atoms with E-state index < -0.39 is 0 Å². The molecule has 0 aliphatic heterocycles. The smallest absolute Gasteiger partial charge is 0.0346 e. The third-order valence-electron chi connectivity index (χ3n) is 7.93. The molecule has 40 heavy (non-hydrogen) atoms. The quantitative estimate of drug-likeness (QED) is 0.219. The summed E-state index contributed by atoms with van der Waals surface area (Å²) in [5, 5.41) is 5.06. The van der Waals surface area contributed by atoms with Gasteiger partial charge in [0, 0.05) is 24.8 Å². The van der Waals surface area contributed by atoms with Crippen molar-refractivity contribution in [1.82, 2.24) is 9.97 Å². The first kappa shape index (κ1) is 24.0. The van der Waals surface area contributed by atoms with E-state index in [1.165, 1.54) is 71.6 Å². The molecule has 0 spiro atoms. The number of benzene rings is 5. The van der Waals surface area contributed by atoms with Crippen molar-refractivity contribution >= 4 is 21.5 Å². The molecule has 2 heteroatoms. The van der Waals surface area contributed by atoms with Crippen molar-refractivity contribution in [2.24, 2.45) is 0 Å². The van der Waals surface area contributed by atoms with Crippen LogP contribution in [0.25, 0.3) is 66.1 Å². The van der Waals surface area contributed by atoms with E-state index in [9.17, 15) is 0 Å². The SMILES string of the molecule is Cc1cnccc1-c1ccc(-c2c3ccccc3c(-c3ccc(-c4cccnc4)cc3C)c3ccccc23)cc1. The Morgan fingerprint density at radius 2 is 1.00 bits per heavy atom. The Hall–Kier alpha value is -5.08. The minimum atomic E-state index is 1.13. The Balaban J connectivity index is 1.45. The Bertz CT molecular complexity index is 1950. The van der Waals surface area contributed by atoms with Crippen LogP contribution in [0.15, 0.2) is 134 Å². The number of aromatic nitrogens is 2. The summed E-state index contributed by atoms with van der Waals surface area (Å²) in [5.74, 6) is 0. The molecule has 190 valence electrons. The van der Waals surface area contributed by atoms with Gasteiger partial charge < -0.3 is 0 Å². The van der Waals surface area contributed by atoms with Gasteiger partial charge in [-0.05, 0) is 103 Å². The van der Waals surface area contributed by atoms with Crippen molar-refractivity contribution < 1.29 is 0 Å². The first-order valence-electron chi connectivity index (χ1n) is 13.7. The van der Waals surface area contributed by atoms with Crippen molar-refractivity contribution in [3.8, 4) is 44.5 Å². The summed E-state index contributed by atoms with van der Waals surface area (Å²) in [6.07, 6.45) is 7.53. The van der Waals surface area contributed by atoms with Gasteiger partial charge in [0.25, 0.3) is 0 Å². The number of hydrogen-bond acceptors (Lipinski definition) is 2. The maximum atomic E-state index is 4.32. The minimum absolute atomic E-state index is 1.13. The zero-order chi connectivity index (χ0) is 27.1. The van der Waals surface area contributed by atoms with E-state index in [0.717, 1.165) is 5.56 Å². The van der Waals surface area contributed by atoms with Gasteiger partial charge in [0.15, 0.2) is 0 Å². The van der Waals surface area contributed by atoms with Crippen LogP contribution in [-0.4, -0.2) is 9.97 Å². The maximum Gasteiger partial charge on any atom is 0.0346 e. The number of nitrogens with zero attached hydrogens (tertiary/aromatic N) is 2. The Kier molecular flexibility index (Phi) is 5.94. The van der Waals surface area contributed by atoms with Gasteiger partial charge in [0.2, 0.25) is 0 Å². The van der Waals surface area contributed by atoms with Gasteiger partial charge in [-0.25, -0.2) is 0 Å². The summed E-state index contributed by atoms with van der Waals surface area (Å²) in [6, 6.07) is 39.6. The molecule has 0 saturated heterocycles. The zero-order valence-corrected chi connectivity index (χ0v) is 22.6. The summed E-state index contributed by atoms with van der Waals surface area (Å²) < 4.78 is 0. The standard InChI is InChI=1S/C38H28N2/c1-25-22-29(30-8-7-20-39-24-30)17-18-32(25)38-35-11-5-3-9-33(35)37(34-10-4-6-12-36(34)38)28-15-13-27(14-16-28)31-19-21-40-23-26(31)2/h3-24H,1-2H3. The second kappa shape index (κ2) is 9.91. The highest BCUT2D eigenvalue weighted by molar-refractivity contribution is 6.21. The van der Waals surface area contributed by atoms with E-state index >= 15 is 0 Å². The Morgan fingerprint density at radius 3 is 1.60 bits per heavy atom. The number of fused-ring (bicyclic) bond motifs is 2. The van der Waals surface area contributed by atoms with E-state index in [0.29, 0.717) is 0 Å². The number of pyridine rings is 2. The number of rotatable bonds is 4. The Labute approximate surface area is 234 Å². The van der Waals surface area contributed by atoms with Crippen LogP contribution in [0.5, 0.6) is 0 Å². The van der Waals surface area contributed by atoms with Crippen molar-refractivity contribution in [2.45, 2.75) is 13.8 Å². The first-order chi connectivity index (χ1) is 19.7. The minimum Gasteiger partial charge on any atom is -0.264 e. The number of aryl methyl sites for hydroxylation is 2. The van der Waals surface area contributed by atoms with Crippen molar-refractivity contribution in [2.75, 3.05) is 0 Å². The molecule has 0 aliphatic carbocycles.